The number of guanidine groups is 1. The van der Waals surface area contributed by atoms with E-state index in [9.17, 15) is 4.79 Å². The second kappa shape index (κ2) is 8.47. The molecule has 11 nitrogen and oxygen atoms in total. The van der Waals surface area contributed by atoms with Gasteiger partial charge in [0.1, 0.15) is 11.5 Å². The first-order valence-electron chi connectivity index (χ1n) is 8.96. The van der Waals surface area contributed by atoms with Crippen molar-refractivity contribution < 1.29 is 23.0 Å². The molecule has 0 fully saturated rings. The molecule has 2 aromatic rings. The Labute approximate surface area is 176 Å². The molecule has 3 rings (SSSR count). The summed E-state index contributed by atoms with van der Waals surface area (Å²) in [5.74, 6) is 2.75. The molecule has 0 spiro atoms. The number of carbonyl (C=O) groups is 1. The SMILES string of the molecule is CNNC(=NN)N1C(=O)N(c2c(F)c(OC)cc(OC)c2F)Cc2cnc(N)c(C)c21. The Balaban J connectivity index is 2.28. The van der Waals surface area contributed by atoms with Crippen molar-refractivity contribution in [3.05, 3.63) is 35.0 Å². The van der Waals surface area contributed by atoms with Gasteiger partial charge in [0.25, 0.3) is 0 Å². The number of carbonyl (C=O) groups excluding carboxylic acids is 1. The lowest BCUT2D eigenvalue weighted by atomic mass is 10.1. The zero-order valence-electron chi connectivity index (χ0n) is 17.3. The number of nitrogens with one attached hydrogen (secondary N) is 2. The molecule has 31 heavy (non-hydrogen) atoms. The first kappa shape index (κ1) is 21.8. The second-order valence-electron chi connectivity index (χ2n) is 6.43. The zero-order valence-corrected chi connectivity index (χ0v) is 17.3. The topological polar surface area (TPSA) is 143 Å². The van der Waals surface area contributed by atoms with Gasteiger partial charge in [0.05, 0.1) is 26.5 Å². The molecule has 0 bridgehead atoms. The Kier molecular flexibility index (Phi) is 5.97. The van der Waals surface area contributed by atoms with Crippen LogP contribution in [-0.2, 0) is 6.54 Å². The molecule has 0 unspecified atom stereocenters. The van der Waals surface area contributed by atoms with Crippen molar-refractivity contribution in [3.63, 3.8) is 0 Å². The van der Waals surface area contributed by atoms with Crippen molar-refractivity contribution in [1.29, 1.82) is 0 Å². The molecular weight excluding hydrogens is 414 g/mol. The molecule has 1 aromatic carbocycles. The first-order chi connectivity index (χ1) is 14.8. The number of ether oxygens (including phenoxy) is 2. The standard InChI is InChI=1S/C18H22F2N8O3/c1-8-14-9(6-24-16(8)21)7-27(18(29)28(14)17(25-22)26-23-2)15-12(19)10(30-3)5-11(31-4)13(15)20/h5-6,23H,7,22H2,1-4H3,(H2,21,24)(H,25,26). The van der Waals surface area contributed by atoms with Gasteiger partial charge in [0.15, 0.2) is 23.1 Å². The van der Waals surface area contributed by atoms with E-state index in [-0.39, 0.29) is 29.8 Å². The number of urea groups is 1. The van der Waals surface area contributed by atoms with Crippen molar-refractivity contribution in [1.82, 2.24) is 15.8 Å². The molecule has 0 aliphatic carbocycles. The first-order valence-corrected chi connectivity index (χ1v) is 8.96. The number of rotatable bonds is 4. The summed E-state index contributed by atoms with van der Waals surface area (Å²) in [4.78, 5) is 19.5. The maximum absolute atomic E-state index is 15.1. The lowest BCUT2D eigenvalue weighted by molar-refractivity contribution is 0.252. The molecule has 13 heteroatoms. The lowest BCUT2D eigenvalue weighted by Crippen LogP contribution is -2.57. The molecule has 6 N–H and O–H groups in total. The van der Waals surface area contributed by atoms with Crippen molar-refractivity contribution in [2.45, 2.75) is 13.5 Å². The highest BCUT2D eigenvalue weighted by molar-refractivity contribution is 6.22. The van der Waals surface area contributed by atoms with Crippen molar-refractivity contribution in [3.8, 4) is 11.5 Å². The summed E-state index contributed by atoms with van der Waals surface area (Å²) < 4.78 is 40.2. The van der Waals surface area contributed by atoms with Crippen LogP contribution < -0.4 is 41.7 Å². The van der Waals surface area contributed by atoms with Crippen LogP contribution in [-0.4, -0.2) is 38.2 Å². The fraction of sp³-hybridized carbons (Fsp3) is 0.278. The number of fused-ring (bicyclic) bond motifs is 1. The van der Waals surface area contributed by atoms with Gasteiger partial charge in [-0.1, -0.05) is 0 Å². The number of pyridine rings is 1. The number of hydrogen-bond acceptors (Lipinski definition) is 8. The highest BCUT2D eigenvalue weighted by atomic mass is 19.1. The van der Waals surface area contributed by atoms with E-state index in [1.54, 1.807) is 6.92 Å². The summed E-state index contributed by atoms with van der Waals surface area (Å²) in [5, 5.41) is 3.59. The average molecular weight is 436 g/mol. The zero-order chi connectivity index (χ0) is 22.9. The molecule has 2 amide bonds. The maximum atomic E-state index is 15.1. The van der Waals surface area contributed by atoms with E-state index < -0.39 is 23.4 Å². The van der Waals surface area contributed by atoms with Crippen LogP contribution in [0.3, 0.4) is 0 Å². The number of nitrogen functional groups attached to an aromatic ring is 1. The fourth-order valence-electron chi connectivity index (χ4n) is 3.29. The van der Waals surface area contributed by atoms with Gasteiger partial charge in [0, 0.05) is 30.4 Å². The van der Waals surface area contributed by atoms with Crippen LogP contribution in [0, 0.1) is 18.6 Å². The summed E-state index contributed by atoms with van der Waals surface area (Å²) >= 11 is 0. The third-order valence-corrected chi connectivity index (χ3v) is 4.77. The Morgan fingerprint density at radius 3 is 2.35 bits per heavy atom. The predicted octanol–water partition coefficient (Wildman–Crippen LogP) is 1.17. The number of methoxy groups -OCH3 is 2. The number of amides is 2. The van der Waals surface area contributed by atoms with Crippen LogP contribution in [0.1, 0.15) is 11.1 Å². The highest BCUT2D eigenvalue weighted by Crippen LogP contribution is 2.42. The minimum Gasteiger partial charge on any atom is -0.493 e. The highest BCUT2D eigenvalue weighted by Gasteiger charge is 2.40. The molecule has 0 saturated heterocycles. The Hall–Kier alpha value is -3.87. The van der Waals surface area contributed by atoms with Gasteiger partial charge in [-0.25, -0.2) is 28.9 Å². The average Bonchev–Trinajstić information content (AvgIpc) is 2.76. The van der Waals surface area contributed by atoms with Crippen molar-refractivity contribution in [2.24, 2.45) is 10.9 Å². The number of nitrogens with two attached hydrogens (primary N) is 2. The Morgan fingerprint density at radius 2 is 1.84 bits per heavy atom. The van der Waals surface area contributed by atoms with Crippen LogP contribution in [0.2, 0.25) is 0 Å². The summed E-state index contributed by atoms with van der Waals surface area (Å²) in [5.41, 5.74) is 11.7. The molecule has 1 aliphatic heterocycles. The van der Waals surface area contributed by atoms with Crippen LogP contribution in [0.15, 0.2) is 17.4 Å². The predicted molar refractivity (Wildman–Crippen MR) is 111 cm³/mol. The van der Waals surface area contributed by atoms with Crippen molar-refractivity contribution >= 4 is 29.2 Å². The number of hydrogen-bond donors (Lipinski definition) is 4. The van der Waals surface area contributed by atoms with Gasteiger partial charge < -0.3 is 21.1 Å². The third-order valence-electron chi connectivity index (χ3n) is 4.77. The summed E-state index contributed by atoms with van der Waals surface area (Å²) in [6, 6.07) is 0.206. The maximum Gasteiger partial charge on any atom is 0.336 e. The van der Waals surface area contributed by atoms with Crippen LogP contribution >= 0.6 is 0 Å². The van der Waals surface area contributed by atoms with E-state index >= 15 is 8.78 Å². The van der Waals surface area contributed by atoms with Crippen molar-refractivity contribution in [2.75, 3.05) is 36.8 Å². The van der Waals surface area contributed by atoms with Crippen LogP contribution in [0.4, 0.5) is 30.8 Å². The Bertz CT molecular complexity index is 1030. The molecule has 0 atom stereocenters. The van der Waals surface area contributed by atoms with Gasteiger partial charge in [-0.2, -0.15) is 0 Å². The molecule has 0 saturated carbocycles. The summed E-state index contributed by atoms with van der Waals surface area (Å²) in [7, 11) is 3.95. The lowest BCUT2D eigenvalue weighted by Gasteiger charge is -2.38. The number of nitrogens with zero attached hydrogens (tertiary/aromatic N) is 4. The third kappa shape index (κ3) is 3.48. The number of hydrazine groups is 1. The number of hydrazone groups is 1. The Morgan fingerprint density at radius 1 is 1.23 bits per heavy atom. The fourth-order valence-corrected chi connectivity index (χ4v) is 3.29. The molecule has 2 heterocycles. The summed E-state index contributed by atoms with van der Waals surface area (Å²) in [6.45, 7) is 1.45. The van der Waals surface area contributed by atoms with E-state index in [1.165, 1.54) is 27.5 Å². The smallest absolute Gasteiger partial charge is 0.336 e. The van der Waals surface area contributed by atoms with Gasteiger partial charge in [0.2, 0.25) is 5.96 Å². The van der Waals surface area contributed by atoms with Gasteiger partial charge >= 0.3 is 6.03 Å². The second-order valence-corrected chi connectivity index (χ2v) is 6.43. The van der Waals surface area contributed by atoms with Gasteiger partial charge in [-0.15, -0.1) is 5.10 Å². The minimum atomic E-state index is -1.08. The van der Waals surface area contributed by atoms with E-state index in [0.717, 1.165) is 15.9 Å². The number of halogens is 2. The van der Waals surface area contributed by atoms with Gasteiger partial charge in [-0.3, -0.25) is 10.3 Å². The van der Waals surface area contributed by atoms with Gasteiger partial charge in [-0.05, 0) is 6.92 Å². The molecule has 1 aromatic heterocycles. The van der Waals surface area contributed by atoms with E-state index in [1.807, 2.05) is 0 Å². The molecule has 1 aliphatic rings. The normalized spacial score (nSPS) is 13.9. The monoisotopic (exact) mass is 436 g/mol. The summed E-state index contributed by atoms with van der Waals surface area (Å²) in [6.07, 6.45) is 1.41. The minimum absolute atomic E-state index is 0.136. The quantitative estimate of drug-likeness (QED) is 0.242. The van der Waals surface area contributed by atoms with E-state index in [2.05, 4.69) is 20.9 Å². The number of aromatic nitrogens is 1. The number of benzene rings is 1. The van der Waals surface area contributed by atoms with E-state index in [0.29, 0.717) is 16.8 Å². The number of anilines is 3. The molecule has 166 valence electrons. The van der Waals surface area contributed by atoms with Crippen LogP contribution in [0.25, 0.3) is 0 Å². The molecular formula is C18H22F2N8O3. The molecule has 0 radical (unpaired) electrons. The van der Waals surface area contributed by atoms with Crippen LogP contribution in [0.5, 0.6) is 11.5 Å². The van der Waals surface area contributed by atoms with E-state index in [4.69, 9.17) is 21.1 Å². The largest absolute Gasteiger partial charge is 0.493 e.